The van der Waals surface area contributed by atoms with E-state index < -0.39 is 0 Å². The quantitative estimate of drug-likeness (QED) is 0.251. The first kappa shape index (κ1) is 26.3. The van der Waals surface area contributed by atoms with Crippen LogP contribution in [0.1, 0.15) is 35.5 Å². The molecule has 3 aromatic rings. The first-order valence-corrected chi connectivity index (χ1v) is 13.9. The van der Waals surface area contributed by atoms with Gasteiger partial charge in [-0.2, -0.15) is 0 Å². The molecule has 0 saturated carbocycles. The molecule has 2 aliphatic heterocycles. The minimum atomic E-state index is -0.258. The Labute approximate surface area is 235 Å². The predicted octanol–water partition coefficient (Wildman–Crippen LogP) is 3.86. The Morgan fingerprint density at radius 1 is 1.16 bits per heavy atom. The highest BCUT2D eigenvalue weighted by atomic mass is 127. The van der Waals surface area contributed by atoms with E-state index in [1.54, 1.807) is 24.5 Å². The topological polar surface area (TPSA) is 113 Å². The molecule has 1 aromatic carbocycles. The van der Waals surface area contributed by atoms with Crippen LogP contribution >= 0.6 is 22.6 Å². The van der Waals surface area contributed by atoms with Crippen molar-refractivity contribution in [3.05, 3.63) is 65.6 Å². The Morgan fingerprint density at radius 2 is 1.97 bits per heavy atom. The molecule has 4 heterocycles. The Morgan fingerprint density at radius 3 is 2.68 bits per heavy atom. The fourth-order valence-corrected chi connectivity index (χ4v) is 5.00. The van der Waals surface area contributed by atoms with Crippen LogP contribution in [0.15, 0.2) is 48.8 Å². The third-order valence-electron chi connectivity index (χ3n) is 6.61. The number of rotatable bonds is 5. The number of nitrogens with zero attached hydrogens (tertiary/aromatic N) is 5. The number of hydrogen-bond donors (Lipinski definition) is 2. The number of amides is 3. The lowest BCUT2D eigenvalue weighted by Gasteiger charge is -2.37. The molecule has 3 amide bonds. The van der Waals surface area contributed by atoms with Gasteiger partial charge in [0.15, 0.2) is 5.82 Å². The molecule has 2 aromatic heterocycles. The van der Waals surface area contributed by atoms with Crippen molar-refractivity contribution in [1.29, 1.82) is 0 Å². The van der Waals surface area contributed by atoms with Gasteiger partial charge in [-0.3, -0.25) is 9.78 Å². The monoisotopic (exact) mass is 627 g/mol. The number of aromatic nitrogens is 3. The summed E-state index contributed by atoms with van der Waals surface area (Å²) >= 11 is 2.13. The number of hydrogen-bond acceptors (Lipinski definition) is 7. The predicted molar refractivity (Wildman–Crippen MR) is 153 cm³/mol. The summed E-state index contributed by atoms with van der Waals surface area (Å²) in [7, 11) is 0. The van der Waals surface area contributed by atoms with E-state index in [-0.39, 0.29) is 22.0 Å². The van der Waals surface area contributed by atoms with Crippen LogP contribution in [0.3, 0.4) is 0 Å². The smallest absolute Gasteiger partial charge is 0.320 e. The van der Waals surface area contributed by atoms with E-state index in [2.05, 4.69) is 50.0 Å². The maximum absolute atomic E-state index is 13.2. The number of urea groups is 1. The molecule has 1 saturated heterocycles. The molecule has 2 unspecified atom stereocenters. The summed E-state index contributed by atoms with van der Waals surface area (Å²) < 4.78 is 5.69. The fraction of sp³-hybridized carbons (Fsp3) is 0.370. The van der Waals surface area contributed by atoms with Crippen LogP contribution in [-0.2, 0) is 17.7 Å². The number of carbonyl (C=O) groups excluding carboxylic acids is 2. The second-order valence-corrected chi connectivity index (χ2v) is 11.3. The summed E-state index contributed by atoms with van der Waals surface area (Å²) in [6.45, 7) is 7.05. The van der Waals surface area contributed by atoms with Crippen LogP contribution < -0.4 is 15.5 Å². The van der Waals surface area contributed by atoms with Crippen molar-refractivity contribution in [3.8, 4) is 11.4 Å². The molecule has 0 bridgehead atoms. The van der Waals surface area contributed by atoms with Gasteiger partial charge in [0.2, 0.25) is 0 Å². The molecule has 1 fully saturated rings. The Balaban J connectivity index is 1.46. The van der Waals surface area contributed by atoms with E-state index in [0.29, 0.717) is 49.8 Å². The number of halogens is 1. The van der Waals surface area contributed by atoms with E-state index >= 15 is 0 Å². The fourth-order valence-electron chi connectivity index (χ4n) is 4.71. The average molecular weight is 627 g/mol. The van der Waals surface area contributed by atoms with Gasteiger partial charge < -0.3 is 25.2 Å². The highest BCUT2D eigenvalue weighted by Gasteiger charge is 2.30. The Bertz CT molecular complexity index is 1300. The number of carbonyl (C=O) groups is 2. The first-order valence-electron chi connectivity index (χ1n) is 12.6. The molecule has 2 atom stereocenters. The number of fused-ring (bicyclic) bond motifs is 1. The molecule has 38 heavy (non-hydrogen) atoms. The summed E-state index contributed by atoms with van der Waals surface area (Å²) in [5.41, 5.74) is 4.01. The van der Waals surface area contributed by atoms with E-state index in [0.717, 1.165) is 29.2 Å². The maximum Gasteiger partial charge on any atom is 0.320 e. The number of ether oxygens (including phenoxy) is 1. The Kier molecular flexibility index (Phi) is 8.03. The lowest BCUT2D eigenvalue weighted by atomic mass is 10.0. The van der Waals surface area contributed by atoms with Gasteiger partial charge in [0.25, 0.3) is 5.91 Å². The standard InChI is InChI=1S/C27H30IN7O3/c1-17-16-38-13-12-35(17)25-22-9-11-34(26(36)20-4-3-10-29-14-20)15-23(22)32-24(33-25)19-5-7-21(8-6-19)31-27(37)30-18(2)28/h3-8,10,14,17-18H,9,11-13,15-16H2,1-2H3,(H2,30,31,37). The minimum absolute atomic E-state index is 0.0152. The highest BCUT2D eigenvalue weighted by Crippen LogP contribution is 2.32. The lowest BCUT2D eigenvalue weighted by molar-refractivity contribution is 0.0731. The van der Waals surface area contributed by atoms with Crippen LogP contribution in [0.5, 0.6) is 0 Å². The summed E-state index contributed by atoms with van der Waals surface area (Å²) in [5, 5.41) is 5.64. The zero-order chi connectivity index (χ0) is 26.6. The van der Waals surface area contributed by atoms with Crippen LogP contribution in [-0.4, -0.2) is 68.2 Å². The van der Waals surface area contributed by atoms with E-state index in [1.165, 1.54) is 0 Å². The van der Waals surface area contributed by atoms with E-state index in [9.17, 15) is 9.59 Å². The first-order chi connectivity index (χ1) is 18.4. The summed E-state index contributed by atoms with van der Waals surface area (Å²) in [6, 6.07) is 11.0. The molecule has 10 nitrogen and oxygen atoms in total. The molecular weight excluding hydrogens is 597 g/mol. The second kappa shape index (κ2) is 11.6. The van der Waals surface area contributed by atoms with Crippen molar-refractivity contribution >= 4 is 46.0 Å². The normalized spacial score (nSPS) is 17.9. The molecule has 2 aliphatic rings. The number of morpholine rings is 1. The zero-order valence-corrected chi connectivity index (χ0v) is 23.5. The lowest BCUT2D eigenvalue weighted by Crippen LogP contribution is -2.45. The van der Waals surface area contributed by atoms with E-state index in [4.69, 9.17) is 14.7 Å². The maximum atomic E-state index is 13.2. The van der Waals surface area contributed by atoms with Crippen LogP contribution in [0, 0.1) is 0 Å². The number of pyridine rings is 1. The Hall–Kier alpha value is -3.32. The van der Waals surface area contributed by atoms with Crippen molar-refractivity contribution < 1.29 is 14.3 Å². The molecule has 5 rings (SSSR count). The number of alkyl halides is 1. The molecule has 198 valence electrons. The average Bonchev–Trinajstić information content (AvgIpc) is 2.92. The van der Waals surface area contributed by atoms with Crippen molar-refractivity contribution in [2.24, 2.45) is 0 Å². The van der Waals surface area contributed by atoms with Crippen LogP contribution in [0.4, 0.5) is 16.3 Å². The van der Waals surface area contributed by atoms with Gasteiger partial charge in [-0.25, -0.2) is 14.8 Å². The van der Waals surface area contributed by atoms with Gasteiger partial charge in [-0.15, -0.1) is 0 Å². The van der Waals surface area contributed by atoms with Gasteiger partial charge in [0.1, 0.15) is 5.82 Å². The second-order valence-electron chi connectivity index (χ2n) is 9.42. The van der Waals surface area contributed by atoms with Gasteiger partial charge in [0.05, 0.1) is 41.1 Å². The van der Waals surface area contributed by atoms with Crippen molar-refractivity contribution in [2.45, 2.75) is 36.9 Å². The summed E-state index contributed by atoms with van der Waals surface area (Å²) in [5.74, 6) is 1.44. The number of benzene rings is 1. The van der Waals surface area contributed by atoms with Gasteiger partial charge in [0, 0.05) is 42.3 Å². The third-order valence-corrected chi connectivity index (χ3v) is 6.92. The minimum Gasteiger partial charge on any atom is -0.377 e. The summed E-state index contributed by atoms with van der Waals surface area (Å²) in [6.07, 6.45) is 3.93. The summed E-state index contributed by atoms with van der Waals surface area (Å²) in [4.78, 5) is 43.4. The van der Waals surface area contributed by atoms with Crippen molar-refractivity contribution in [1.82, 2.24) is 25.2 Å². The van der Waals surface area contributed by atoms with Crippen LogP contribution in [0.25, 0.3) is 11.4 Å². The molecular formula is C27H30IN7O3. The van der Waals surface area contributed by atoms with Crippen molar-refractivity contribution in [2.75, 3.05) is 36.5 Å². The van der Waals surface area contributed by atoms with Crippen LogP contribution in [0.2, 0.25) is 0 Å². The molecule has 2 N–H and O–H groups in total. The molecule has 11 heteroatoms. The molecule has 0 aliphatic carbocycles. The number of nitrogens with one attached hydrogen (secondary N) is 2. The largest absolute Gasteiger partial charge is 0.377 e. The highest BCUT2D eigenvalue weighted by molar-refractivity contribution is 14.1. The zero-order valence-electron chi connectivity index (χ0n) is 21.4. The van der Waals surface area contributed by atoms with Gasteiger partial charge in [-0.1, -0.05) is 22.6 Å². The van der Waals surface area contributed by atoms with Crippen molar-refractivity contribution in [3.63, 3.8) is 0 Å². The van der Waals surface area contributed by atoms with E-state index in [1.807, 2.05) is 36.1 Å². The van der Waals surface area contributed by atoms with Gasteiger partial charge >= 0.3 is 6.03 Å². The SMILES string of the molecule is CC(I)NC(=O)Nc1ccc(-c2nc3c(c(N4CCOCC4C)n2)CCN(C(=O)c2cccnc2)C3)cc1. The third kappa shape index (κ3) is 5.88. The number of anilines is 2. The van der Waals surface area contributed by atoms with Gasteiger partial charge in [-0.05, 0) is 56.7 Å². The molecule has 0 spiro atoms. The molecule has 0 radical (unpaired) electrons.